The van der Waals surface area contributed by atoms with Crippen molar-refractivity contribution in [2.45, 2.75) is 32.9 Å². The maximum Gasteiger partial charge on any atom is 0.294 e. The van der Waals surface area contributed by atoms with Gasteiger partial charge in [0.05, 0.1) is 21.7 Å². The van der Waals surface area contributed by atoms with Crippen LogP contribution in [0.2, 0.25) is 0 Å². The molecule has 34 heavy (non-hydrogen) atoms. The zero-order valence-electron chi connectivity index (χ0n) is 19.2. The minimum Gasteiger partial charge on any atom is -0.493 e. The number of carbonyl (C=O) groups excluding carboxylic acids is 3. The molecule has 0 aromatic heterocycles. The summed E-state index contributed by atoms with van der Waals surface area (Å²) in [6.07, 6.45) is 2.40. The third-order valence-corrected chi connectivity index (χ3v) is 7.26. The lowest BCUT2D eigenvalue weighted by atomic mass is 10.00. The van der Waals surface area contributed by atoms with Gasteiger partial charge >= 0.3 is 0 Å². The van der Waals surface area contributed by atoms with Crippen LogP contribution in [0.3, 0.4) is 0 Å². The highest BCUT2D eigenvalue weighted by molar-refractivity contribution is 14.1. The molecule has 0 unspecified atom stereocenters. The number of thioether (sulfide) groups is 1. The second-order valence-corrected chi connectivity index (χ2v) is 10.5. The van der Waals surface area contributed by atoms with Crippen LogP contribution in [0.1, 0.15) is 30.5 Å². The highest BCUT2D eigenvalue weighted by Gasteiger charge is 2.37. The van der Waals surface area contributed by atoms with E-state index >= 15 is 0 Å². The molecule has 0 N–H and O–H groups in total. The fraction of sp³-hybridized carbons (Fsp3) is 0.320. The van der Waals surface area contributed by atoms with Gasteiger partial charge in [0.25, 0.3) is 11.1 Å². The number of hydrogen-bond acceptors (Lipinski definition) is 6. The molecule has 2 heterocycles. The number of hydrogen-bond donors (Lipinski definition) is 0. The van der Waals surface area contributed by atoms with Crippen molar-refractivity contribution in [3.8, 4) is 11.5 Å². The maximum atomic E-state index is 13.0. The van der Waals surface area contributed by atoms with Crippen LogP contribution < -0.4 is 9.47 Å². The number of amides is 3. The van der Waals surface area contributed by atoms with E-state index < -0.39 is 11.1 Å². The maximum absolute atomic E-state index is 13.0. The van der Waals surface area contributed by atoms with Gasteiger partial charge in [-0.3, -0.25) is 19.3 Å². The van der Waals surface area contributed by atoms with Gasteiger partial charge in [-0.2, -0.15) is 0 Å². The molecule has 0 bridgehead atoms. The molecular weight excluding hydrogens is 567 g/mol. The first-order chi connectivity index (χ1) is 16.3. The van der Waals surface area contributed by atoms with E-state index in [2.05, 4.69) is 28.7 Å². The van der Waals surface area contributed by atoms with Gasteiger partial charge in [0.2, 0.25) is 5.91 Å². The number of ether oxygens (including phenoxy) is 2. The molecule has 1 fully saturated rings. The summed E-state index contributed by atoms with van der Waals surface area (Å²) in [4.78, 5) is 41.5. The van der Waals surface area contributed by atoms with E-state index in [9.17, 15) is 14.4 Å². The van der Waals surface area contributed by atoms with Gasteiger partial charge in [0.15, 0.2) is 11.5 Å². The van der Waals surface area contributed by atoms with Crippen LogP contribution >= 0.6 is 34.4 Å². The Labute approximate surface area is 216 Å². The van der Waals surface area contributed by atoms with Gasteiger partial charge in [-0.05, 0) is 89.5 Å². The first kappa shape index (κ1) is 24.6. The molecule has 1 saturated heterocycles. The lowest BCUT2D eigenvalue weighted by molar-refractivity contribution is -0.136. The predicted molar refractivity (Wildman–Crippen MR) is 140 cm³/mol. The van der Waals surface area contributed by atoms with Crippen LogP contribution in [0.5, 0.6) is 11.5 Å². The number of methoxy groups -OCH3 is 1. The first-order valence-electron chi connectivity index (χ1n) is 10.9. The van der Waals surface area contributed by atoms with E-state index in [1.165, 1.54) is 5.56 Å². The number of nitrogens with zero attached hydrogens (tertiary/aromatic N) is 2. The van der Waals surface area contributed by atoms with Crippen molar-refractivity contribution in [1.82, 2.24) is 9.80 Å². The summed E-state index contributed by atoms with van der Waals surface area (Å²) in [7, 11) is 1.56. The number of fused-ring (bicyclic) bond motifs is 1. The van der Waals surface area contributed by atoms with E-state index in [0.717, 1.165) is 32.2 Å². The lowest BCUT2D eigenvalue weighted by Gasteiger charge is -2.29. The Morgan fingerprint density at radius 2 is 1.94 bits per heavy atom. The SMILES string of the molecule is COc1cc(/C=C2\SC(=O)N(CC(=O)N3CCc4ccccc4C3)C2=O)cc(I)c1OC(C)C. The summed E-state index contributed by atoms with van der Waals surface area (Å²) in [5.74, 6) is 0.491. The van der Waals surface area contributed by atoms with E-state index in [1.807, 2.05) is 38.1 Å². The van der Waals surface area contributed by atoms with Crippen molar-refractivity contribution in [2.24, 2.45) is 0 Å². The smallest absolute Gasteiger partial charge is 0.294 e. The number of halogens is 1. The highest BCUT2D eigenvalue weighted by atomic mass is 127. The second-order valence-electron chi connectivity index (χ2n) is 8.30. The molecule has 178 valence electrons. The Hall–Kier alpha value is -2.53. The van der Waals surface area contributed by atoms with Crippen molar-refractivity contribution in [2.75, 3.05) is 20.2 Å². The number of imide groups is 1. The Kier molecular flexibility index (Phi) is 7.51. The second kappa shape index (κ2) is 10.4. The van der Waals surface area contributed by atoms with E-state index in [-0.39, 0.29) is 23.5 Å². The molecule has 2 aromatic carbocycles. The molecule has 0 spiro atoms. The minimum absolute atomic E-state index is 0.0179. The zero-order chi connectivity index (χ0) is 24.4. The molecule has 0 atom stereocenters. The van der Waals surface area contributed by atoms with Crippen LogP contribution in [-0.4, -0.2) is 53.2 Å². The van der Waals surface area contributed by atoms with Crippen molar-refractivity contribution < 1.29 is 23.9 Å². The van der Waals surface area contributed by atoms with Crippen molar-refractivity contribution in [3.63, 3.8) is 0 Å². The molecule has 3 amide bonds. The van der Waals surface area contributed by atoms with Gasteiger partial charge in [0, 0.05) is 13.1 Å². The average Bonchev–Trinajstić information content (AvgIpc) is 3.07. The largest absolute Gasteiger partial charge is 0.493 e. The summed E-state index contributed by atoms with van der Waals surface area (Å²) in [6.45, 7) is 4.67. The fourth-order valence-electron chi connectivity index (χ4n) is 3.90. The Balaban J connectivity index is 1.49. The topological polar surface area (TPSA) is 76.2 Å². The Morgan fingerprint density at radius 1 is 1.21 bits per heavy atom. The van der Waals surface area contributed by atoms with Gasteiger partial charge in [-0.15, -0.1) is 0 Å². The van der Waals surface area contributed by atoms with Gasteiger partial charge in [-0.1, -0.05) is 24.3 Å². The first-order valence-corrected chi connectivity index (χ1v) is 12.8. The standard InChI is InChI=1S/C25H25IN2O5S/c1-15(2)33-23-19(26)10-16(11-20(23)32-3)12-21-24(30)28(25(31)34-21)14-22(29)27-9-8-17-6-4-5-7-18(17)13-27/h4-7,10-12,15H,8-9,13-14H2,1-3H3/b21-12-. The Bertz CT molecular complexity index is 1180. The summed E-state index contributed by atoms with van der Waals surface area (Å²) >= 11 is 3.00. The monoisotopic (exact) mass is 592 g/mol. The molecule has 0 saturated carbocycles. The van der Waals surface area contributed by atoms with Gasteiger partial charge in [0.1, 0.15) is 6.54 Å². The Morgan fingerprint density at radius 3 is 2.65 bits per heavy atom. The molecule has 2 aromatic rings. The number of benzene rings is 2. The van der Waals surface area contributed by atoms with Crippen molar-refractivity contribution >= 4 is 57.5 Å². The molecule has 2 aliphatic heterocycles. The molecule has 7 nitrogen and oxygen atoms in total. The van der Waals surface area contributed by atoms with E-state index in [0.29, 0.717) is 30.2 Å². The van der Waals surface area contributed by atoms with Crippen LogP contribution in [-0.2, 0) is 22.6 Å². The van der Waals surface area contributed by atoms with Crippen LogP contribution in [0.25, 0.3) is 6.08 Å². The summed E-state index contributed by atoms with van der Waals surface area (Å²) in [5, 5.41) is -0.441. The molecule has 9 heteroatoms. The normalized spacial score (nSPS) is 16.9. The van der Waals surface area contributed by atoms with E-state index in [4.69, 9.17) is 9.47 Å². The third kappa shape index (κ3) is 5.25. The zero-order valence-corrected chi connectivity index (χ0v) is 22.1. The van der Waals surface area contributed by atoms with Crippen LogP contribution in [0.4, 0.5) is 4.79 Å². The van der Waals surface area contributed by atoms with Gasteiger partial charge < -0.3 is 14.4 Å². The molecule has 4 rings (SSSR count). The highest BCUT2D eigenvalue weighted by Crippen LogP contribution is 2.37. The van der Waals surface area contributed by atoms with Crippen molar-refractivity contribution in [1.29, 1.82) is 0 Å². The van der Waals surface area contributed by atoms with Crippen molar-refractivity contribution in [3.05, 3.63) is 61.6 Å². The minimum atomic E-state index is -0.461. The summed E-state index contributed by atoms with van der Waals surface area (Å²) in [5.41, 5.74) is 3.04. The number of rotatable bonds is 6. The molecule has 2 aliphatic rings. The van der Waals surface area contributed by atoms with Crippen LogP contribution in [0.15, 0.2) is 41.3 Å². The van der Waals surface area contributed by atoms with Gasteiger partial charge in [-0.25, -0.2) is 0 Å². The average molecular weight is 592 g/mol. The molecular formula is C25H25IN2O5S. The predicted octanol–water partition coefficient (Wildman–Crippen LogP) is 4.71. The lowest BCUT2D eigenvalue weighted by Crippen LogP contribution is -2.44. The third-order valence-electron chi connectivity index (χ3n) is 5.55. The molecule has 0 aliphatic carbocycles. The molecule has 0 radical (unpaired) electrons. The number of carbonyl (C=O) groups is 3. The quantitative estimate of drug-likeness (QED) is 0.358. The van der Waals surface area contributed by atoms with E-state index in [1.54, 1.807) is 24.2 Å². The fourth-order valence-corrected chi connectivity index (χ4v) is 5.50. The summed E-state index contributed by atoms with van der Waals surface area (Å²) < 4.78 is 12.1. The van der Waals surface area contributed by atoms with Crippen LogP contribution in [0, 0.1) is 3.57 Å². The summed E-state index contributed by atoms with van der Waals surface area (Å²) in [6, 6.07) is 11.6.